The maximum atomic E-state index is 14.2. The number of aryl methyl sites for hydroxylation is 2. The Morgan fingerprint density at radius 3 is 2.29 bits per heavy atom. The first-order valence-corrected chi connectivity index (χ1v) is 15.9. The number of nitrogens with zero attached hydrogens (tertiary/aromatic N) is 2. The maximum Gasteiger partial charge on any atom is 0.264 e. The molecule has 2 amide bonds. The van der Waals surface area contributed by atoms with E-state index >= 15 is 0 Å². The van der Waals surface area contributed by atoms with Gasteiger partial charge in [0.05, 0.1) is 17.7 Å². The monoisotopic (exact) mass is 591 g/mol. The summed E-state index contributed by atoms with van der Waals surface area (Å²) in [4.78, 5) is 29.3. The molecule has 1 saturated carbocycles. The molecule has 0 heterocycles. The second-order valence-electron chi connectivity index (χ2n) is 11.0. The van der Waals surface area contributed by atoms with E-state index in [9.17, 15) is 18.0 Å². The maximum absolute atomic E-state index is 14.2. The van der Waals surface area contributed by atoms with Crippen LogP contribution in [0.5, 0.6) is 5.75 Å². The molecule has 8 nitrogen and oxygen atoms in total. The van der Waals surface area contributed by atoms with E-state index < -0.39 is 28.5 Å². The fourth-order valence-corrected chi connectivity index (χ4v) is 6.79. The van der Waals surface area contributed by atoms with Gasteiger partial charge in [-0.1, -0.05) is 67.8 Å². The molecular formula is C33H41N3O5S. The standard InChI is InChI=1S/C33H41N3O5S/c1-24-19-20-31(41-4)30(21-24)36(42(39,40)29-17-9-6-10-18-29)23-32(37)35(22-27-14-12-11-13-25(27)2)26(3)33(38)34-28-15-7-5-8-16-28/h6,9-14,17-21,26,28H,5,7-8,15-16,22-23H2,1-4H3,(H,34,38)/t26-/m0/s1. The number of carbonyl (C=O) groups is 2. The van der Waals surface area contributed by atoms with Crippen molar-refractivity contribution in [1.29, 1.82) is 0 Å². The molecule has 0 aliphatic heterocycles. The normalized spacial score (nSPS) is 14.6. The van der Waals surface area contributed by atoms with Crippen molar-refractivity contribution in [3.63, 3.8) is 0 Å². The van der Waals surface area contributed by atoms with Crippen molar-refractivity contribution in [3.8, 4) is 5.75 Å². The summed E-state index contributed by atoms with van der Waals surface area (Å²) in [5.41, 5.74) is 2.92. The fourth-order valence-electron chi connectivity index (χ4n) is 5.35. The number of rotatable bonds is 11. The summed E-state index contributed by atoms with van der Waals surface area (Å²) >= 11 is 0. The molecule has 1 atom stereocenters. The van der Waals surface area contributed by atoms with Crippen LogP contribution in [0.4, 0.5) is 5.69 Å². The Morgan fingerprint density at radius 2 is 1.62 bits per heavy atom. The molecule has 0 spiro atoms. The van der Waals surface area contributed by atoms with E-state index in [1.54, 1.807) is 37.3 Å². The lowest BCUT2D eigenvalue weighted by atomic mass is 9.95. The van der Waals surface area contributed by atoms with Crippen molar-refractivity contribution in [3.05, 3.63) is 89.5 Å². The van der Waals surface area contributed by atoms with Crippen LogP contribution < -0.4 is 14.4 Å². The molecule has 3 aromatic carbocycles. The van der Waals surface area contributed by atoms with Crippen molar-refractivity contribution < 1.29 is 22.7 Å². The predicted molar refractivity (Wildman–Crippen MR) is 165 cm³/mol. The Morgan fingerprint density at radius 1 is 0.952 bits per heavy atom. The lowest BCUT2D eigenvalue weighted by Gasteiger charge is -2.34. The van der Waals surface area contributed by atoms with Crippen molar-refractivity contribution in [1.82, 2.24) is 10.2 Å². The van der Waals surface area contributed by atoms with Gasteiger partial charge in [-0.05, 0) is 74.6 Å². The van der Waals surface area contributed by atoms with Gasteiger partial charge in [0.25, 0.3) is 10.0 Å². The van der Waals surface area contributed by atoms with Gasteiger partial charge in [-0.2, -0.15) is 0 Å². The summed E-state index contributed by atoms with van der Waals surface area (Å²) < 4.78 is 34.8. The second kappa shape index (κ2) is 13.9. The Kier molecular flexibility index (Phi) is 10.3. The summed E-state index contributed by atoms with van der Waals surface area (Å²) in [5, 5.41) is 3.14. The summed E-state index contributed by atoms with van der Waals surface area (Å²) in [6, 6.07) is 20.2. The van der Waals surface area contributed by atoms with E-state index in [2.05, 4.69) is 5.32 Å². The number of sulfonamides is 1. The van der Waals surface area contributed by atoms with Crippen LogP contribution in [0.15, 0.2) is 77.7 Å². The molecular weight excluding hydrogens is 550 g/mol. The molecule has 0 radical (unpaired) electrons. The number of methoxy groups -OCH3 is 1. The topological polar surface area (TPSA) is 96.0 Å². The number of benzene rings is 3. The highest BCUT2D eigenvalue weighted by atomic mass is 32.2. The molecule has 1 aliphatic carbocycles. The molecule has 4 rings (SSSR count). The van der Waals surface area contributed by atoms with Gasteiger partial charge < -0.3 is 15.0 Å². The summed E-state index contributed by atoms with van der Waals surface area (Å²) in [6.45, 7) is 5.16. The molecule has 0 bridgehead atoms. The number of amides is 2. The van der Waals surface area contributed by atoms with Gasteiger partial charge in [0.1, 0.15) is 18.3 Å². The predicted octanol–water partition coefficient (Wildman–Crippen LogP) is 5.37. The first-order chi connectivity index (χ1) is 20.1. The van der Waals surface area contributed by atoms with Gasteiger partial charge in [-0.25, -0.2) is 8.42 Å². The van der Waals surface area contributed by atoms with E-state index in [1.165, 1.54) is 24.1 Å². The minimum absolute atomic E-state index is 0.0508. The minimum atomic E-state index is -4.18. The first kappa shape index (κ1) is 31.1. The fraction of sp³-hybridized carbons (Fsp3) is 0.394. The van der Waals surface area contributed by atoms with Crippen molar-refractivity contribution in [2.45, 2.75) is 76.4 Å². The second-order valence-corrected chi connectivity index (χ2v) is 12.8. The van der Waals surface area contributed by atoms with Crippen molar-refractivity contribution in [2.24, 2.45) is 0 Å². The Labute approximate surface area is 249 Å². The van der Waals surface area contributed by atoms with Crippen molar-refractivity contribution >= 4 is 27.5 Å². The summed E-state index contributed by atoms with van der Waals surface area (Å²) in [5.74, 6) is -0.413. The number of carbonyl (C=O) groups excluding carboxylic acids is 2. The van der Waals surface area contributed by atoms with Crippen LogP contribution in [0, 0.1) is 13.8 Å². The zero-order valence-electron chi connectivity index (χ0n) is 24.9. The van der Waals surface area contributed by atoms with Crippen LogP contribution >= 0.6 is 0 Å². The molecule has 224 valence electrons. The summed E-state index contributed by atoms with van der Waals surface area (Å²) in [6.07, 6.45) is 5.13. The first-order valence-electron chi connectivity index (χ1n) is 14.5. The number of anilines is 1. The molecule has 0 saturated heterocycles. The Hall–Kier alpha value is -3.85. The van der Waals surface area contributed by atoms with E-state index in [1.807, 2.05) is 44.2 Å². The minimum Gasteiger partial charge on any atom is -0.495 e. The highest BCUT2D eigenvalue weighted by molar-refractivity contribution is 7.92. The number of hydrogen-bond acceptors (Lipinski definition) is 5. The Balaban J connectivity index is 1.73. The quantitative estimate of drug-likeness (QED) is 0.323. The van der Waals surface area contributed by atoms with Gasteiger partial charge in [0.2, 0.25) is 11.8 Å². The highest BCUT2D eigenvalue weighted by Gasteiger charge is 2.34. The molecule has 0 aromatic heterocycles. The van der Waals surface area contributed by atoms with Crippen molar-refractivity contribution in [2.75, 3.05) is 18.0 Å². The highest BCUT2D eigenvalue weighted by Crippen LogP contribution is 2.34. The van der Waals surface area contributed by atoms with E-state index in [4.69, 9.17) is 4.74 Å². The molecule has 1 N–H and O–H groups in total. The van der Waals surface area contributed by atoms with Gasteiger partial charge in [-0.3, -0.25) is 13.9 Å². The van der Waals surface area contributed by atoms with Crippen LogP contribution in [-0.2, 0) is 26.2 Å². The molecule has 9 heteroatoms. The van der Waals surface area contributed by atoms with Gasteiger partial charge in [0.15, 0.2) is 0 Å². The largest absolute Gasteiger partial charge is 0.495 e. The van der Waals surface area contributed by atoms with Gasteiger partial charge in [0, 0.05) is 12.6 Å². The average molecular weight is 592 g/mol. The lowest BCUT2D eigenvalue weighted by molar-refractivity contribution is -0.139. The van der Waals surface area contributed by atoms with Crippen LogP contribution in [0.1, 0.15) is 55.7 Å². The zero-order chi connectivity index (χ0) is 30.3. The molecule has 3 aromatic rings. The Bertz CT molecular complexity index is 1490. The third-order valence-electron chi connectivity index (χ3n) is 7.93. The average Bonchev–Trinajstić information content (AvgIpc) is 2.99. The zero-order valence-corrected chi connectivity index (χ0v) is 25.7. The molecule has 42 heavy (non-hydrogen) atoms. The molecule has 0 unspecified atom stereocenters. The smallest absolute Gasteiger partial charge is 0.264 e. The third-order valence-corrected chi connectivity index (χ3v) is 9.71. The third kappa shape index (κ3) is 7.31. The van der Waals surface area contributed by atoms with E-state index in [0.29, 0.717) is 5.75 Å². The van der Waals surface area contributed by atoms with Gasteiger partial charge in [-0.15, -0.1) is 0 Å². The summed E-state index contributed by atoms with van der Waals surface area (Å²) in [7, 11) is -2.71. The number of nitrogens with one attached hydrogen (secondary N) is 1. The van der Waals surface area contributed by atoms with Crippen LogP contribution in [0.3, 0.4) is 0 Å². The van der Waals surface area contributed by atoms with Crippen LogP contribution in [0.2, 0.25) is 0 Å². The molecule has 1 aliphatic rings. The van der Waals surface area contributed by atoms with E-state index in [-0.39, 0.29) is 29.1 Å². The van der Waals surface area contributed by atoms with Crippen LogP contribution in [0.25, 0.3) is 0 Å². The van der Waals surface area contributed by atoms with Crippen LogP contribution in [-0.4, -0.2) is 50.9 Å². The molecule has 1 fully saturated rings. The number of hydrogen-bond donors (Lipinski definition) is 1. The van der Waals surface area contributed by atoms with Gasteiger partial charge >= 0.3 is 0 Å². The SMILES string of the molecule is COc1ccc(C)cc1N(CC(=O)N(Cc1ccccc1C)[C@@H](C)C(=O)NC1CCCCC1)S(=O)(=O)c1ccccc1. The lowest BCUT2D eigenvalue weighted by Crippen LogP contribution is -2.53. The number of ether oxygens (including phenoxy) is 1. The van der Waals surface area contributed by atoms with E-state index in [0.717, 1.165) is 53.1 Å².